The van der Waals surface area contributed by atoms with Crippen molar-refractivity contribution in [3.8, 4) is 0 Å². The number of nitrogens with one attached hydrogen (secondary N) is 2. The molecule has 0 atom stereocenters. The van der Waals surface area contributed by atoms with Gasteiger partial charge in [0.1, 0.15) is 0 Å². The molecular weight excluding hydrogens is 411 g/mol. The van der Waals surface area contributed by atoms with Gasteiger partial charge in [-0.25, -0.2) is 0 Å². The van der Waals surface area contributed by atoms with Gasteiger partial charge < -0.3 is 10.6 Å². The van der Waals surface area contributed by atoms with Crippen LogP contribution in [0.5, 0.6) is 0 Å². The number of anilines is 1. The average Bonchev–Trinajstić information content (AvgIpc) is 3.01. The molecule has 22 heavy (non-hydrogen) atoms. The summed E-state index contributed by atoms with van der Waals surface area (Å²) in [6.07, 6.45) is 1.00. The quantitative estimate of drug-likeness (QED) is 0.543. The van der Waals surface area contributed by atoms with E-state index >= 15 is 0 Å². The molecule has 4 nitrogen and oxygen atoms in total. The van der Waals surface area contributed by atoms with Crippen LogP contribution in [0.25, 0.3) is 0 Å². The Morgan fingerprint density at radius 2 is 2.09 bits per heavy atom. The predicted octanol–water partition coefficient (Wildman–Crippen LogP) is 3.81. The second kappa shape index (κ2) is 8.28. The molecule has 0 fully saturated rings. The SMILES string of the molecule is Cc1ccc(NC(=O)CCCNC(=O)c2cccs2)cc1I. The lowest BCUT2D eigenvalue weighted by Crippen LogP contribution is -2.24. The molecule has 116 valence electrons. The predicted molar refractivity (Wildman–Crippen MR) is 98.4 cm³/mol. The van der Waals surface area contributed by atoms with E-state index in [1.54, 1.807) is 6.07 Å². The van der Waals surface area contributed by atoms with Crippen molar-refractivity contribution in [2.45, 2.75) is 19.8 Å². The summed E-state index contributed by atoms with van der Waals surface area (Å²) in [6.45, 7) is 2.53. The second-order valence-electron chi connectivity index (χ2n) is 4.85. The first-order valence-electron chi connectivity index (χ1n) is 6.94. The molecule has 0 unspecified atom stereocenters. The van der Waals surface area contributed by atoms with Gasteiger partial charge in [-0.1, -0.05) is 12.1 Å². The van der Waals surface area contributed by atoms with Crippen molar-refractivity contribution in [1.29, 1.82) is 0 Å². The first-order chi connectivity index (χ1) is 10.6. The van der Waals surface area contributed by atoms with Crippen LogP contribution in [0.3, 0.4) is 0 Å². The molecule has 1 aromatic carbocycles. The van der Waals surface area contributed by atoms with Crippen LogP contribution < -0.4 is 10.6 Å². The monoisotopic (exact) mass is 428 g/mol. The molecule has 2 N–H and O–H groups in total. The van der Waals surface area contributed by atoms with Gasteiger partial charge in [-0.15, -0.1) is 11.3 Å². The van der Waals surface area contributed by atoms with Gasteiger partial charge >= 0.3 is 0 Å². The third kappa shape index (κ3) is 5.10. The minimum Gasteiger partial charge on any atom is -0.351 e. The maximum absolute atomic E-state index is 11.9. The first kappa shape index (κ1) is 17.0. The number of hydrogen-bond acceptors (Lipinski definition) is 3. The maximum Gasteiger partial charge on any atom is 0.261 e. The number of thiophene rings is 1. The van der Waals surface area contributed by atoms with E-state index in [0.717, 1.165) is 9.26 Å². The van der Waals surface area contributed by atoms with E-state index in [9.17, 15) is 9.59 Å². The fourth-order valence-electron chi connectivity index (χ4n) is 1.84. The van der Waals surface area contributed by atoms with Gasteiger partial charge in [0.15, 0.2) is 0 Å². The molecule has 0 bridgehead atoms. The van der Waals surface area contributed by atoms with Gasteiger partial charge in [-0.3, -0.25) is 9.59 Å². The topological polar surface area (TPSA) is 58.2 Å². The van der Waals surface area contributed by atoms with E-state index < -0.39 is 0 Å². The molecule has 0 aliphatic rings. The summed E-state index contributed by atoms with van der Waals surface area (Å²) in [7, 11) is 0. The third-order valence-electron chi connectivity index (χ3n) is 3.07. The Morgan fingerprint density at radius 1 is 1.27 bits per heavy atom. The molecule has 0 spiro atoms. The maximum atomic E-state index is 11.9. The molecule has 0 aliphatic carbocycles. The van der Waals surface area contributed by atoms with Gasteiger partial charge in [0, 0.05) is 22.2 Å². The molecule has 1 aromatic heterocycles. The smallest absolute Gasteiger partial charge is 0.261 e. The summed E-state index contributed by atoms with van der Waals surface area (Å²) in [5.74, 6) is -0.117. The Morgan fingerprint density at radius 3 is 2.77 bits per heavy atom. The van der Waals surface area contributed by atoms with Crippen LogP contribution in [-0.4, -0.2) is 18.4 Å². The Hall–Kier alpha value is -1.41. The van der Waals surface area contributed by atoms with Crippen LogP contribution in [-0.2, 0) is 4.79 Å². The number of rotatable bonds is 6. The van der Waals surface area contributed by atoms with E-state index in [0.29, 0.717) is 24.3 Å². The number of carbonyl (C=O) groups is 2. The van der Waals surface area contributed by atoms with Gasteiger partial charge in [0.2, 0.25) is 5.91 Å². The molecule has 0 saturated heterocycles. The van der Waals surface area contributed by atoms with E-state index in [1.165, 1.54) is 16.9 Å². The van der Waals surface area contributed by atoms with Crippen molar-refractivity contribution < 1.29 is 9.59 Å². The summed E-state index contributed by atoms with van der Waals surface area (Å²) < 4.78 is 1.12. The molecule has 1 heterocycles. The molecule has 2 aromatic rings. The second-order valence-corrected chi connectivity index (χ2v) is 6.96. The summed E-state index contributed by atoms with van der Waals surface area (Å²) in [4.78, 5) is 24.3. The zero-order chi connectivity index (χ0) is 15.9. The van der Waals surface area contributed by atoms with Gasteiger partial charge in [-0.05, 0) is 65.1 Å². The average molecular weight is 428 g/mol. The minimum atomic E-state index is -0.0801. The molecule has 6 heteroatoms. The zero-order valence-electron chi connectivity index (χ0n) is 12.2. The fourth-order valence-corrected chi connectivity index (χ4v) is 3.00. The lowest BCUT2D eigenvalue weighted by molar-refractivity contribution is -0.116. The van der Waals surface area contributed by atoms with E-state index in [4.69, 9.17) is 0 Å². The Labute approximate surface area is 147 Å². The van der Waals surface area contributed by atoms with Crippen LogP contribution >= 0.6 is 33.9 Å². The number of halogens is 1. The van der Waals surface area contributed by atoms with E-state index in [-0.39, 0.29) is 11.8 Å². The van der Waals surface area contributed by atoms with Gasteiger partial charge in [-0.2, -0.15) is 0 Å². The normalized spacial score (nSPS) is 10.3. The Kier molecular flexibility index (Phi) is 6.38. The summed E-state index contributed by atoms with van der Waals surface area (Å²) in [5, 5.41) is 7.55. The highest BCUT2D eigenvalue weighted by Crippen LogP contribution is 2.17. The Balaban J connectivity index is 1.69. The van der Waals surface area contributed by atoms with Crippen molar-refractivity contribution in [1.82, 2.24) is 5.32 Å². The molecule has 2 amide bonds. The van der Waals surface area contributed by atoms with Crippen molar-refractivity contribution in [3.05, 3.63) is 49.7 Å². The van der Waals surface area contributed by atoms with Crippen molar-refractivity contribution in [3.63, 3.8) is 0 Å². The highest BCUT2D eigenvalue weighted by Gasteiger charge is 2.07. The molecule has 2 rings (SSSR count). The van der Waals surface area contributed by atoms with Crippen molar-refractivity contribution in [2.75, 3.05) is 11.9 Å². The number of carbonyl (C=O) groups excluding carboxylic acids is 2. The third-order valence-corrected chi connectivity index (χ3v) is 5.10. The number of hydrogen-bond donors (Lipinski definition) is 2. The summed E-state index contributed by atoms with van der Waals surface area (Å²) in [6, 6.07) is 9.46. The number of aryl methyl sites for hydroxylation is 1. The molecule has 0 radical (unpaired) electrons. The fraction of sp³-hybridized carbons (Fsp3) is 0.250. The van der Waals surface area contributed by atoms with Crippen molar-refractivity contribution in [2.24, 2.45) is 0 Å². The minimum absolute atomic E-state index is 0.0370. The largest absolute Gasteiger partial charge is 0.351 e. The van der Waals surface area contributed by atoms with Crippen LogP contribution in [0.1, 0.15) is 28.1 Å². The van der Waals surface area contributed by atoms with Gasteiger partial charge in [0.05, 0.1) is 4.88 Å². The number of amides is 2. The van der Waals surface area contributed by atoms with Crippen molar-refractivity contribution >= 4 is 51.4 Å². The number of benzene rings is 1. The summed E-state index contributed by atoms with van der Waals surface area (Å²) in [5.41, 5.74) is 2.00. The van der Waals surface area contributed by atoms with E-state index in [1.807, 2.05) is 36.6 Å². The van der Waals surface area contributed by atoms with Crippen LogP contribution in [0.4, 0.5) is 5.69 Å². The van der Waals surface area contributed by atoms with Crippen LogP contribution in [0.2, 0.25) is 0 Å². The Bertz CT molecular complexity index is 656. The van der Waals surface area contributed by atoms with Crippen LogP contribution in [0.15, 0.2) is 35.7 Å². The highest BCUT2D eigenvalue weighted by molar-refractivity contribution is 14.1. The highest BCUT2D eigenvalue weighted by atomic mass is 127. The zero-order valence-corrected chi connectivity index (χ0v) is 15.2. The van der Waals surface area contributed by atoms with E-state index in [2.05, 4.69) is 33.2 Å². The molecular formula is C16H17IN2O2S. The molecule has 0 aliphatic heterocycles. The summed E-state index contributed by atoms with van der Waals surface area (Å²) >= 11 is 3.65. The van der Waals surface area contributed by atoms with Gasteiger partial charge in [0.25, 0.3) is 5.91 Å². The van der Waals surface area contributed by atoms with Crippen LogP contribution in [0, 0.1) is 10.5 Å². The molecule has 0 saturated carbocycles. The lowest BCUT2D eigenvalue weighted by atomic mass is 10.2. The first-order valence-corrected chi connectivity index (χ1v) is 8.90. The standard InChI is InChI=1S/C16H17IN2O2S/c1-11-6-7-12(10-13(11)17)19-15(20)5-2-8-18-16(21)14-4-3-9-22-14/h3-4,6-7,9-10H,2,5,8H2,1H3,(H,18,21)(H,19,20). The lowest BCUT2D eigenvalue weighted by Gasteiger charge is -2.07.